The van der Waals surface area contributed by atoms with E-state index in [1.54, 1.807) is 0 Å². The molecular weight excluding hydrogens is 294 g/mol. The van der Waals surface area contributed by atoms with E-state index in [1.807, 2.05) is 43.5 Å². The van der Waals surface area contributed by atoms with E-state index in [2.05, 4.69) is 31.2 Å². The van der Waals surface area contributed by atoms with Crippen LogP contribution >= 0.6 is 11.8 Å². The molecule has 1 aromatic carbocycles. The zero-order valence-electron chi connectivity index (χ0n) is 14.0. The predicted molar refractivity (Wildman–Crippen MR) is 92.3 cm³/mol. The first-order chi connectivity index (χ1) is 10.3. The zero-order chi connectivity index (χ0) is 16.2. The second kappa shape index (κ2) is 7.40. The molecule has 0 spiro atoms. The normalized spacial score (nSPS) is 20.5. The maximum atomic E-state index is 12.2. The van der Waals surface area contributed by atoms with Crippen LogP contribution in [0, 0.1) is 5.92 Å². The molecule has 2 atom stereocenters. The Labute approximate surface area is 138 Å². The lowest BCUT2D eigenvalue weighted by molar-refractivity contribution is 0.0167. The molecule has 0 aromatic heterocycles. The van der Waals surface area contributed by atoms with Gasteiger partial charge in [-0.05, 0) is 51.7 Å². The van der Waals surface area contributed by atoms with Crippen LogP contribution in [0.15, 0.2) is 35.2 Å². The van der Waals surface area contributed by atoms with Gasteiger partial charge in [-0.15, -0.1) is 11.8 Å². The quantitative estimate of drug-likeness (QED) is 0.748. The fourth-order valence-corrected chi connectivity index (χ4v) is 3.85. The smallest absolute Gasteiger partial charge is 0.410 e. The van der Waals surface area contributed by atoms with Crippen LogP contribution in [0.5, 0.6) is 0 Å². The van der Waals surface area contributed by atoms with Gasteiger partial charge in [-0.25, -0.2) is 4.79 Å². The first-order valence-corrected chi connectivity index (χ1v) is 8.93. The van der Waals surface area contributed by atoms with Crippen LogP contribution < -0.4 is 0 Å². The molecule has 4 heteroatoms. The number of amides is 1. The van der Waals surface area contributed by atoms with Gasteiger partial charge in [0.1, 0.15) is 5.60 Å². The fraction of sp³-hybridized carbons (Fsp3) is 0.611. The number of carbonyl (C=O) groups is 1. The van der Waals surface area contributed by atoms with Crippen molar-refractivity contribution in [3.05, 3.63) is 30.3 Å². The van der Waals surface area contributed by atoms with Crippen LogP contribution in [0.1, 0.15) is 40.5 Å². The fourth-order valence-electron chi connectivity index (χ4n) is 2.70. The van der Waals surface area contributed by atoms with Gasteiger partial charge in [0.25, 0.3) is 0 Å². The minimum Gasteiger partial charge on any atom is -0.444 e. The van der Waals surface area contributed by atoms with Gasteiger partial charge in [0.05, 0.1) is 0 Å². The Kier molecular flexibility index (Phi) is 5.79. The highest BCUT2D eigenvalue weighted by atomic mass is 32.2. The van der Waals surface area contributed by atoms with E-state index in [4.69, 9.17) is 4.74 Å². The first-order valence-electron chi connectivity index (χ1n) is 8.05. The summed E-state index contributed by atoms with van der Waals surface area (Å²) in [6, 6.07) is 10.5. The van der Waals surface area contributed by atoms with E-state index in [0.717, 1.165) is 19.5 Å². The summed E-state index contributed by atoms with van der Waals surface area (Å²) in [7, 11) is 0. The van der Waals surface area contributed by atoms with Crippen molar-refractivity contribution in [3.8, 4) is 0 Å². The summed E-state index contributed by atoms with van der Waals surface area (Å²) in [4.78, 5) is 15.4. The second-order valence-electron chi connectivity index (χ2n) is 6.96. The Morgan fingerprint density at radius 1 is 1.32 bits per heavy atom. The zero-order valence-corrected chi connectivity index (χ0v) is 14.9. The Balaban J connectivity index is 1.91. The molecule has 2 rings (SSSR count). The highest BCUT2D eigenvalue weighted by Gasteiger charge is 2.30. The molecule has 0 radical (unpaired) electrons. The monoisotopic (exact) mass is 321 g/mol. The third-order valence-corrected chi connectivity index (χ3v) is 5.14. The molecule has 0 bridgehead atoms. The predicted octanol–water partition coefficient (Wildman–Crippen LogP) is 4.81. The summed E-state index contributed by atoms with van der Waals surface area (Å²) in [5.74, 6) is 0.520. The Hall–Kier alpha value is -1.16. The number of ether oxygens (including phenoxy) is 1. The Morgan fingerprint density at radius 3 is 2.64 bits per heavy atom. The summed E-state index contributed by atoms with van der Waals surface area (Å²) >= 11 is 1.90. The molecule has 122 valence electrons. The Morgan fingerprint density at radius 2 is 2.00 bits per heavy atom. The number of nitrogens with zero attached hydrogens (tertiary/aromatic N) is 1. The van der Waals surface area contributed by atoms with Crippen molar-refractivity contribution < 1.29 is 9.53 Å². The molecule has 0 saturated carbocycles. The van der Waals surface area contributed by atoms with E-state index in [9.17, 15) is 4.79 Å². The average Bonchev–Trinajstić information content (AvgIpc) is 2.46. The molecule has 0 N–H and O–H groups in total. The molecule has 3 nitrogen and oxygen atoms in total. The molecule has 2 unspecified atom stereocenters. The molecule has 1 fully saturated rings. The van der Waals surface area contributed by atoms with Crippen molar-refractivity contribution in [2.45, 2.75) is 56.3 Å². The van der Waals surface area contributed by atoms with Gasteiger partial charge in [0.2, 0.25) is 0 Å². The Bertz CT molecular complexity index is 484. The number of hydrogen-bond acceptors (Lipinski definition) is 3. The van der Waals surface area contributed by atoms with Crippen LogP contribution in [0.25, 0.3) is 0 Å². The summed E-state index contributed by atoms with van der Waals surface area (Å²) in [6.07, 6.45) is 2.07. The molecule has 1 heterocycles. The molecule has 1 aromatic rings. The van der Waals surface area contributed by atoms with Crippen LogP contribution in [0.4, 0.5) is 4.79 Å². The van der Waals surface area contributed by atoms with Crippen LogP contribution in [-0.4, -0.2) is 34.9 Å². The maximum Gasteiger partial charge on any atom is 0.410 e. The standard InChI is InChI=1S/C18H27NO2S/c1-14(22-16-10-6-5-7-11-16)15-9-8-12-19(13-15)17(20)21-18(2,3)4/h5-7,10-11,14-15H,8-9,12-13H2,1-4H3. The van der Waals surface area contributed by atoms with E-state index in [-0.39, 0.29) is 6.09 Å². The largest absolute Gasteiger partial charge is 0.444 e. The van der Waals surface area contributed by atoms with Crippen LogP contribution in [-0.2, 0) is 4.74 Å². The minimum absolute atomic E-state index is 0.172. The van der Waals surface area contributed by atoms with Gasteiger partial charge in [-0.3, -0.25) is 0 Å². The minimum atomic E-state index is -0.422. The van der Waals surface area contributed by atoms with E-state index in [0.29, 0.717) is 11.2 Å². The molecular formula is C18H27NO2S. The highest BCUT2D eigenvalue weighted by Crippen LogP contribution is 2.32. The maximum absolute atomic E-state index is 12.2. The molecule has 1 aliphatic heterocycles. The molecule has 1 aliphatic rings. The first kappa shape index (κ1) is 17.2. The van der Waals surface area contributed by atoms with Crippen molar-refractivity contribution in [3.63, 3.8) is 0 Å². The summed E-state index contributed by atoms with van der Waals surface area (Å²) in [5, 5.41) is 0.493. The van der Waals surface area contributed by atoms with Crippen LogP contribution in [0.3, 0.4) is 0 Å². The lowest BCUT2D eigenvalue weighted by Crippen LogP contribution is -2.44. The number of piperidine rings is 1. The van der Waals surface area contributed by atoms with Crippen molar-refractivity contribution in [2.75, 3.05) is 13.1 Å². The third-order valence-electron chi connectivity index (χ3n) is 3.84. The van der Waals surface area contributed by atoms with Gasteiger partial charge in [0.15, 0.2) is 0 Å². The highest BCUT2D eigenvalue weighted by molar-refractivity contribution is 8.00. The van der Waals surface area contributed by atoms with Crippen LogP contribution in [0.2, 0.25) is 0 Å². The summed E-state index contributed by atoms with van der Waals surface area (Å²) in [6.45, 7) is 9.63. The average molecular weight is 321 g/mol. The number of hydrogen-bond donors (Lipinski definition) is 0. The van der Waals surface area contributed by atoms with Crippen molar-refractivity contribution in [1.82, 2.24) is 4.90 Å². The van der Waals surface area contributed by atoms with Gasteiger partial charge < -0.3 is 9.64 Å². The molecule has 22 heavy (non-hydrogen) atoms. The van der Waals surface area contributed by atoms with E-state index < -0.39 is 5.60 Å². The summed E-state index contributed by atoms with van der Waals surface area (Å²) < 4.78 is 5.50. The van der Waals surface area contributed by atoms with Crippen molar-refractivity contribution >= 4 is 17.9 Å². The molecule has 0 aliphatic carbocycles. The molecule has 1 saturated heterocycles. The van der Waals surface area contributed by atoms with E-state index >= 15 is 0 Å². The third kappa shape index (κ3) is 5.24. The number of thioether (sulfide) groups is 1. The van der Waals surface area contributed by atoms with Gasteiger partial charge >= 0.3 is 6.09 Å². The second-order valence-corrected chi connectivity index (χ2v) is 8.42. The lowest BCUT2D eigenvalue weighted by Gasteiger charge is -2.36. The number of carbonyl (C=O) groups excluding carboxylic acids is 1. The topological polar surface area (TPSA) is 29.5 Å². The van der Waals surface area contributed by atoms with Crippen molar-refractivity contribution in [1.29, 1.82) is 0 Å². The van der Waals surface area contributed by atoms with Gasteiger partial charge in [0, 0.05) is 23.2 Å². The SMILES string of the molecule is CC(Sc1ccccc1)C1CCCN(C(=O)OC(C)(C)C)C1. The molecule has 1 amide bonds. The number of rotatable bonds is 3. The lowest BCUT2D eigenvalue weighted by atomic mass is 9.95. The van der Waals surface area contributed by atoms with Crippen molar-refractivity contribution in [2.24, 2.45) is 5.92 Å². The van der Waals surface area contributed by atoms with Gasteiger partial charge in [-0.1, -0.05) is 25.1 Å². The van der Waals surface area contributed by atoms with E-state index in [1.165, 1.54) is 11.3 Å². The number of benzene rings is 1. The summed E-state index contributed by atoms with van der Waals surface area (Å²) in [5.41, 5.74) is -0.422. The number of likely N-dealkylation sites (tertiary alicyclic amines) is 1. The van der Waals surface area contributed by atoms with Gasteiger partial charge in [-0.2, -0.15) is 0 Å².